The van der Waals surface area contributed by atoms with Crippen LogP contribution in [0, 0.1) is 6.92 Å². The minimum absolute atomic E-state index is 0.546. The minimum Gasteiger partial charge on any atom is -0.278 e. The fourth-order valence-corrected chi connectivity index (χ4v) is 1.88. The van der Waals surface area contributed by atoms with Gasteiger partial charge >= 0.3 is 0 Å². The van der Waals surface area contributed by atoms with Gasteiger partial charge in [0, 0.05) is 5.39 Å². The van der Waals surface area contributed by atoms with Gasteiger partial charge in [-0.25, -0.2) is 0 Å². The van der Waals surface area contributed by atoms with Crippen LogP contribution in [-0.4, -0.2) is 10.2 Å². The maximum atomic E-state index is 4.06. The van der Waals surface area contributed by atoms with Gasteiger partial charge in [-0.1, -0.05) is 39.8 Å². The molecule has 1 aromatic carbocycles. The number of aromatic amines is 1. The van der Waals surface area contributed by atoms with Crippen molar-refractivity contribution < 1.29 is 0 Å². The van der Waals surface area contributed by atoms with E-state index < -0.39 is 0 Å². The first kappa shape index (κ1) is 11.8. The Morgan fingerprint density at radius 2 is 1.87 bits per heavy atom. The Labute approximate surface area is 91.7 Å². The third-order valence-electron chi connectivity index (χ3n) is 2.45. The highest BCUT2D eigenvalue weighted by atomic mass is 15.1. The highest BCUT2D eigenvalue weighted by Gasteiger charge is 2.09. The number of hydrogen-bond acceptors (Lipinski definition) is 1. The summed E-state index contributed by atoms with van der Waals surface area (Å²) in [7, 11) is 0. The number of nitrogens with one attached hydrogen (secondary N) is 1. The highest BCUT2D eigenvalue weighted by Crippen LogP contribution is 2.26. The molecule has 0 amide bonds. The van der Waals surface area contributed by atoms with E-state index in [9.17, 15) is 0 Å². The molecule has 82 valence electrons. The number of benzene rings is 1. The fraction of sp³-hybridized carbons (Fsp3) is 0.462. The summed E-state index contributed by atoms with van der Waals surface area (Å²) >= 11 is 0. The number of aryl methyl sites for hydroxylation is 1. The van der Waals surface area contributed by atoms with Gasteiger partial charge < -0.3 is 0 Å². The number of fused-ring (bicyclic) bond motifs is 1. The topological polar surface area (TPSA) is 28.7 Å². The maximum absolute atomic E-state index is 4.06. The number of H-pyrrole nitrogens is 1. The predicted octanol–water partition coefficient (Wildman–Crippen LogP) is 4.02. The second-order valence-electron chi connectivity index (χ2n) is 3.79. The fourth-order valence-electron chi connectivity index (χ4n) is 1.88. The van der Waals surface area contributed by atoms with E-state index in [2.05, 4.69) is 43.1 Å². The van der Waals surface area contributed by atoms with E-state index in [1.807, 2.05) is 20.0 Å². The van der Waals surface area contributed by atoms with E-state index in [1.165, 1.54) is 22.0 Å². The summed E-state index contributed by atoms with van der Waals surface area (Å²) in [6.45, 7) is 10.6. The third kappa shape index (κ3) is 2.20. The zero-order valence-corrected chi connectivity index (χ0v) is 10.3. The van der Waals surface area contributed by atoms with Crippen molar-refractivity contribution in [2.45, 2.75) is 40.5 Å². The van der Waals surface area contributed by atoms with Gasteiger partial charge in [0.15, 0.2) is 0 Å². The van der Waals surface area contributed by atoms with Crippen LogP contribution >= 0.6 is 0 Å². The average Bonchev–Trinajstić information content (AvgIpc) is 2.67. The second kappa shape index (κ2) is 4.96. The number of nitrogens with zero attached hydrogens (tertiary/aromatic N) is 1. The molecule has 0 aliphatic rings. The molecule has 0 radical (unpaired) electrons. The molecule has 0 bridgehead atoms. The van der Waals surface area contributed by atoms with Crippen LogP contribution in [0.1, 0.15) is 44.7 Å². The van der Waals surface area contributed by atoms with Gasteiger partial charge in [-0.3, -0.25) is 5.10 Å². The zero-order chi connectivity index (χ0) is 11.4. The van der Waals surface area contributed by atoms with E-state index in [-0.39, 0.29) is 0 Å². The van der Waals surface area contributed by atoms with Crippen molar-refractivity contribution in [3.8, 4) is 0 Å². The first-order valence-corrected chi connectivity index (χ1v) is 5.62. The van der Waals surface area contributed by atoms with Crippen LogP contribution in [0.2, 0.25) is 0 Å². The van der Waals surface area contributed by atoms with Crippen molar-refractivity contribution in [3.63, 3.8) is 0 Å². The van der Waals surface area contributed by atoms with Crippen molar-refractivity contribution in [1.29, 1.82) is 0 Å². The lowest BCUT2D eigenvalue weighted by Crippen LogP contribution is -1.93. The molecular formula is C13H20N2. The standard InChI is InChI=1S/C11H14N2.C2H6/c1-7(2)10-8(3)4-5-9-6-12-13-11(9)10;1-2/h4-7H,1-3H3,(H,12,13);1-2H3. The Balaban J connectivity index is 0.000000531. The molecule has 2 nitrogen and oxygen atoms in total. The Kier molecular flexibility index (Phi) is 3.89. The van der Waals surface area contributed by atoms with Crippen LogP contribution in [0.3, 0.4) is 0 Å². The Morgan fingerprint density at radius 3 is 2.47 bits per heavy atom. The summed E-state index contributed by atoms with van der Waals surface area (Å²) in [4.78, 5) is 0. The van der Waals surface area contributed by atoms with Gasteiger partial charge in [0.05, 0.1) is 11.7 Å². The molecule has 0 spiro atoms. The van der Waals surface area contributed by atoms with Crippen molar-refractivity contribution in [1.82, 2.24) is 10.2 Å². The van der Waals surface area contributed by atoms with Crippen molar-refractivity contribution >= 4 is 10.9 Å². The van der Waals surface area contributed by atoms with E-state index in [0.717, 1.165) is 0 Å². The molecule has 0 aliphatic heterocycles. The molecule has 2 aromatic rings. The third-order valence-corrected chi connectivity index (χ3v) is 2.45. The van der Waals surface area contributed by atoms with E-state index in [1.54, 1.807) is 0 Å². The number of hydrogen-bond donors (Lipinski definition) is 1. The van der Waals surface area contributed by atoms with Crippen LogP contribution in [-0.2, 0) is 0 Å². The molecule has 0 unspecified atom stereocenters. The predicted molar refractivity (Wildman–Crippen MR) is 66.3 cm³/mol. The van der Waals surface area contributed by atoms with Gasteiger partial charge in [-0.2, -0.15) is 5.10 Å². The first-order valence-electron chi connectivity index (χ1n) is 5.62. The van der Waals surface area contributed by atoms with Crippen LogP contribution in [0.5, 0.6) is 0 Å². The summed E-state index contributed by atoms with van der Waals surface area (Å²) in [6.07, 6.45) is 1.88. The number of rotatable bonds is 1. The van der Waals surface area contributed by atoms with E-state index >= 15 is 0 Å². The zero-order valence-electron chi connectivity index (χ0n) is 10.3. The highest BCUT2D eigenvalue weighted by molar-refractivity contribution is 5.82. The van der Waals surface area contributed by atoms with Crippen LogP contribution < -0.4 is 0 Å². The first-order chi connectivity index (χ1) is 7.20. The van der Waals surface area contributed by atoms with Gasteiger partial charge in [0.25, 0.3) is 0 Å². The maximum Gasteiger partial charge on any atom is 0.0687 e. The molecule has 2 heteroatoms. The Morgan fingerprint density at radius 1 is 1.20 bits per heavy atom. The van der Waals surface area contributed by atoms with Crippen LogP contribution in [0.25, 0.3) is 10.9 Å². The summed E-state index contributed by atoms with van der Waals surface area (Å²) in [6, 6.07) is 4.27. The quantitative estimate of drug-likeness (QED) is 0.746. The normalized spacial score (nSPS) is 10.3. The second-order valence-corrected chi connectivity index (χ2v) is 3.79. The van der Waals surface area contributed by atoms with Gasteiger partial charge in [0.2, 0.25) is 0 Å². The molecule has 0 aliphatic carbocycles. The molecule has 0 fully saturated rings. The van der Waals surface area contributed by atoms with Gasteiger partial charge in [-0.15, -0.1) is 0 Å². The molecule has 1 aromatic heterocycles. The summed E-state index contributed by atoms with van der Waals surface area (Å²) in [5.41, 5.74) is 3.91. The molecule has 0 atom stereocenters. The van der Waals surface area contributed by atoms with Crippen molar-refractivity contribution in [3.05, 3.63) is 29.5 Å². The molecule has 0 saturated carbocycles. The Hall–Kier alpha value is -1.31. The van der Waals surface area contributed by atoms with E-state index in [4.69, 9.17) is 0 Å². The largest absolute Gasteiger partial charge is 0.278 e. The lowest BCUT2D eigenvalue weighted by Gasteiger charge is -2.10. The lowest BCUT2D eigenvalue weighted by atomic mass is 9.96. The molecular weight excluding hydrogens is 184 g/mol. The van der Waals surface area contributed by atoms with Gasteiger partial charge in [-0.05, 0) is 24.0 Å². The number of aromatic nitrogens is 2. The molecule has 15 heavy (non-hydrogen) atoms. The summed E-state index contributed by atoms with van der Waals surface area (Å²) in [5, 5.41) is 8.32. The van der Waals surface area contributed by atoms with Crippen molar-refractivity contribution in [2.75, 3.05) is 0 Å². The summed E-state index contributed by atoms with van der Waals surface area (Å²) in [5.74, 6) is 0.546. The van der Waals surface area contributed by atoms with E-state index in [0.29, 0.717) is 5.92 Å². The molecule has 1 heterocycles. The summed E-state index contributed by atoms with van der Waals surface area (Å²) < 4.78 is 0. The molecule has 1 N–H and O–H groups in total. The van der Waals surface area contributed by atoms with Crippen LogP contribution in [0.15, 0.2) is 18.3 Å². The SMILES string of the molecule is CC.Cc1ccc2cn[nH]c2c1C(C)C. The smallest absolute Gasteiger partial charge is 0.0687 e. The molecule has 2 rings (SSSR count). The van der Waals surface area contributed by atoms with Crippen molar-refractivity contribution in [2.24, 2.45) is 0 Å². The average molecular weight is 204 g/mol. The Bertz CT molecular complexity index is 427. The monoisotopic (exact) mass is 204 g/mol. The van der Waals surface area contributed by atoms with Gasteiger partial charge in [0.1, 0.15) is 0 Å². The molecule has 0 saturated heterocycles. The minimum atomic E-state index is 0.546. The lowest BCUT2D eigenvalue weighted by molar-refractivity contribution is 0.861. The van der Waals surface area contributed by atoms with Crippen LogP contribution in [0.4, 0.5) is 0 Å².